The third-order valence-corrected chi connectivity index (χ3v) is 7.68. The molecule has 0 aliphatic carbocycles. The lowest BCUT2D eigenvalue weighted by atomic mass is 9.92. The maximum Gasteiger partial charge on any atom is 0.272 e. The highest BCUT2D eigenvalue weighted by atomic mass is 32.1. The van der Waals surface area contributed by atoms with Crippen molar-refractivity contribution in [2.75, 3.05) is 20.2 Å². The molecule has 1 atom stereocenters. The van der Waals surface area contributed by atoms with Crippen molar-refractivity contribution in [1.82, 2.24) is 4.90 Å². The predicted octanol–water partition coefficient (Wildman–Crippen LogP) is 7.26. The average molecular weight is 553 g/mol. The second-order valence-corrected chi connectivity index (χ2v) is 11.2. The largest absolute Gasteiger partial charge is 0.493 e. The second kappa shape index (κ2) is 16.2. The van der Waals surface area contributed by atoms with E-state index in [-0.39, 0.29) is 17.9 Å². The van der Waals surface area contributed by atoms with E-state index in [1.165, 1.54) is 0 Å². The highest BCUT2D eigenvalue weighted by Crippen LogP contribution is 2.29. The highest BCUT2D eigenvalue weighted by Gasteiger charge is 2.26. The summed E-state index contributed by atoms with van der Waals surface area (Å²) in [4.78, 5) is 32.8. The van der Waals surface area contributed by atoms with Gasteiger partial charge in [0.25, 0.3) is 5.91 Å². The number of hydrogen-bond acceptors (Lipinski definition) is 6. The molecule has 1 aromatic carbocycles. The SMILES string of the molecule is CCCCCC(=O)C1CCCN(C(=O)C(=C\CCc2ccc(OC(C)C)c(OC)c2)/N=C/c2ccsc2)CC1. The van der Waals surface area contributed by atoms with Crippen LogP contribution in [0.2, 0.25) is 0 Å². The number of benzene rings is 1. The van der Waals surface area contributed by atoms with Crippen LogP contribution < -0.4 is 9.47 Å². The topological polar surface area (TPSA) is 68.2 Å². The Morgan fingerprint density at radius 3 is 2.72 bits per heavy atom. The van der Waals surface area contributed by atoms with Crippen LogP contribution in [-0.4, -0.2) is 49.1 Å². The number of hydrogen-bond donors (Lipinski definition) is 0. The zero-order chi connectivity index (χ0) is 28.0. The van der Waals surface area contributed by atoms with Crippen molar-refractivity contribution in [1.29, 1.82) is 0 Å². The maximum absolute atomic E-state index is 13.6. The number of ether oxygens (including phenoxy) is 2. The van der Waals surface area contributed by atoms with Gasteiger partial charge in [0.1, 0.15) is 11.5 Å². The van der Waals surface area contributed by atoms with Crippen LogP contribution >= 0.6 is 11.3 Å². The quantitative estimate of drug-likeness (QED) is 0.141. The third-order valence-electron chi connectivity index (χ3n) is 6.97. The molecule has 3 rings (SSSR count). The van der Waals surface area contributed by atoms with Gasteiger partial charge in [-0.15, -0.1) is 0 Å². The molecule has 1 fully saturated rings. The van der Waals surface area contributed by atoms with E-state index < -0.39 is 0 Å². The Kier molecular flexibility index (Phi) is 12.7. The molecule has 1 saturated heterocycles. The molecule has 1 amide bonds. The van der Waals surface area contributed by atoms with Gasteiger partial charge in [0.05, 0.1) is 13.2 Å². The molecule has 1 aliphatic rings. The van der Waals surface area contributed by atoms with Gasteiger partial charge >= 0.3 is 0 Å². The Balaban J connectivity index is 1.68. The van der Waals surface area contributed by atoms with Gasteiger partial charge in [0, 0.05) is 37.2 Å². The fraction of sp³-hybridized carbons (Fsp3) is 0.531. The third kappa shape index (κ3) is 9.95. The summed E-state index contributed by atoms with van der Waals surface area (Å²) in [6.07, 6.45) is 11.5. The summed E-state index contributed by atoms with van der Waals surface area (Å²) < 4.78 is 11.4. The molecule has 2 aromatic rings. The fourth-order valence-corrected chi connectivity index (χ4v) is 5.43. The van der Waals surface area contributed by atoms with Gasteiger partial charge in [-0.3, -0.25) is 14.6 Å². The van der Waals surface area contributed by atoms with Gasteiger partial charge in [0.2, 0.25) is 0 Å². The van der Waals surface area contributed by atoms with Gasteiger partial charge in [0.15, 0.2) is 11.5 Å². The van der Waals surface area contributed by atoms with E-state index in [1.807, 2.05) is 59.8 Å². The number of aryl methyl sites for hydroxylation is 1. The zero-order valence-corrected chi connectivity index (χ0v) is 24.8. The molecule has 0 bridgehead atoms. The van der Waals surface area contributed by atoms with Gasteiger partial charge in [-0.2, -0.15) is 11.3 Å². The van der Waals surface area contributed by atoms with Crippen LogP contribution in [0.4, 0.5) is 0 Å². The molecule has 0 N–H and O–H groups in total. The van der Waals surface area contributed by atoms with Crippen LogP contribution in [0, 0.1) is 5.92 Å². The second-order valence-electron chi connectivity index (χ2n) is 10.4. The molecule has 1 aromatic heterocycles. The minimum atomic E-state index is -0.0566. The van der Waals surface area contributed by atoms with Crippen molar-refractivity contribution < 1.29 is 19.1 Å². The molecule has 39 heavy (non-hydrogen) atoms. The number of carbonyl (C=O) groups is 2. The number of nitrogens with zero attached hydrogens (tertiary/aromatic N) is 2. The zero-order valence-electron chi connectivity index (χ0n) is 24.0. The average Bonchev–Trinajstić information content (AvgIpc) is 3.32. The minimum Gasteiger partial charge on any atom is -0.493 e. The summed E-state index contributed by atoms with van der Waals surface area (Å²) in [7, 11) is 1.65. The molecule has 1 aliphatic heterocycles. The Morgan fingerprint density at radius 1 is 1.15 bits per heavy atom. The number of unbranched alkanes of at least 4 members (excludes halogenated alkanes) is 2. The molecule has 212 valence electrons. The van der Waals surface area contributed by atoms with E-state index in [2.05, 4.69) is 11.9 Å². The van der Waals surface area contributed by atoms with Crippen LogP contribution in [0.3, 0.4) is 0 Å². The number of likely N-dealkylation sites (tertiary alicyclic amines) is 1. The Morgan fingerprint density at radius 2 is 2.00 bits per heavy atom. The first-order chi connectivity index (χ1) is 18.9. The molecule has 7 heteroatoms. The number of allylic oxidation sites excluding steroid dienone is 1. The van der Waals surface area contributed by atoms with Crippen LogP contribution in [0.15, 0.2) is 51.8 Å². The highest BCUT2D eigenvalue weighted by molar-refractivity contribution is 7.08. The van der Waals surface area contributed by atoms with E-state index in [0.717, 1.165) is 61.8 Å². The Labute approximate surface area is 238 Å². The summed E-state index contributed by atoms with van der Waals surface area (Å²) in [6, 6.07) is 7.96. The van der Waals surface area contributed by atoms with E-state index in [0.29, 0.717) is 43.2 Å². The molecule has 0 saturated carbocycles. The van der Waals surface area contributed by atoms with Crippen molar-refractivity contribution >= 4 is 29.2 Å². The van der Waals surface area contributed by atoms with Gasteiger partial charge < -0.3 is 14.4 Å². The van der Waals surface area contributed by atoms with Gasteiger partial charge in [-0.25, -0.2) is 0 Å². The van der Waals surface area contributed by atoms with E-state index in [1.54, 1.807) is 24.7 Å². The summed E-state index contributed by atoms with van der Waals surface area (Å²) in [5.41, 5.74) is 2.55. The maximum atomic E-state index is 13.6. The lowest BCUT2D eigenvalue weighted by Crippen LogP contribution is -2.33. The number of amides is 1. The Bertz CT molecular complexity index is 1110. The summed E-state index contributed by atoms with van der Waals surface area (Å²) in [6.45, 7) is 7.40. The Hall–Kier alpha value is -2.93. The standard InChI is InChI=1S/C32H44N2O4S/c1-5-6-7-13-29(35)27-11-9-18-34(19-16-27)32(36)28(33-22-26-17-20-39-23-26)12-8-10-25-14-15-30(38-24(2)3)31(21-25)37-4/h12,14-15,17,20-24,27H,5-11,13,16,18-19H2,1-4H3/b28-12+,33-22+. The van der Waals surface area contributed by atoms with E-state index in [4.69, 9.17) is 9.47 Å². The van der Waals surface area contributed by atoms with E-state index >= 15 is 0 Å². The first-order valence-corrected chi connectivity index (χ1v) is 15.3. The number of rotatable bonds is 14. The lowest BCUT2D eigenvalue weighted by molar-refractivity contribution is -0.128. The molecular weight excluding hydrogens is 508 g/mol. The normalized spacial score (nSPS) is 16.5. The molecular formula is C32H44N2O4S. The van der Waals surface area contributed by atoms with Crippen LogP contribution in [0.25, 0.3) is 0 Å². The van der Waals surface area contributed by atoms with Crippen molar-refractivity contribution in [3.8, 4) is 11.5 Å². The first kappa shape index (κ1) is 30.6. The number of carbonyl (C=O) groups excluding carboxylic acids is 2. The van der Waals surface area contributed by atoms with Crippen molar-refractivity contribution in [2.45, 2.75) is 84.7 Å². The molecule has 0 spiro atoms. The van der Waals surface area contributed by atoms with Gasteiger partial charge in [-0.1, -0.05) is 31.9 Å². The summed E-state index contributed by atoms with van der Waals surface area (Å²) >= 11 is 1.60. The summed E-state index contributed by atoms with van der Waals surface area (Å²) in [5, 5.41) is 4.01. The monoisotopic (exact) mass is 552 g/mol. The molecule has 6 nitrogen and oxygen atoms in total. The number of thiophene rings is 1. The molecule has 1 unspecified atom stereocenters. The van der Waals surface area contributed by atoms with Crippen molar-refractivity contribution in [3.63, 3.8) is 0 Å². The van der Waals surface area contributed by atoms with Crippen molar-refractivity contribution in [2.24, 2.45) is 10.9 Å². The van der Waals surface area contributed by atoms with Crippen LogP contribution in [-0.2, 0) is 16.0 Å². The van der Waals surface area contributed by atoms with Gasteiger partial charge in [-0.05, 0) is 86.9 Å². The number of aliphatic imine (C=N–C) groups is 1. The predicted molar refractivity (Wildman–Crippen MR) is 160 cm³/mol. The van der Waals surface area contributed by atoms with Crippen LogP contribution in [0.1, 0.15) is 83.3 Å². The first-order valence-electron chi connectivity index (χ1n) is 14.3. The van der Waals surface area contributed by atoms with E-state index in [9.17, 15) is 9.59 Å². The smallest absolute Gasteiger partial charge is 0.272 e. The molecule has 2 heterocycles. The lowest BCUT2D eigenvalue weighted by Gasteiger charge is -2.21. The minimum absolute atomic E-state index is 0.0566. The summed E-state index contributed by atoms with van der Waals surface area (Å²) in [5.74, 6) is 1.81. The fourth-order valence-electron chi connectivity index (χ4n) is 4.82. The number of methoxy groups -OCH3 is 1. The number of ketones is 1. The number of Topliss-reactive ketones (excluding diaryl/α,β-unsaturated/α-hetero) is 1. The molecule has 0 radical (unpaired) electrons. The van der Waals surface area contributed by atoms with Crippen molar-refractivity contribution in [3.05, 3.63) is 57.9 Å². The van der Waals surface area contributed by atoms with Crippen LogP contribution in [0.5, 0.6) is 11.5 Å².